The Labute approximate surface area is 241 Å². The summed E-state index contributed by atoms with van der Waals surface area (Å²) in [4.78, 5) is 23.5. The molecule has 42 heavy (non-hydrogen) atoms. The zero-order valence-electron chi connectivity index (χ0n) is 23.0. The first-order chi connectivity index (χ1) is 20.6. The van der Waals surface area contributed by atoms with Crippen molar-refractivity contribution in [1.29, 1.82) is 0 Å². The minimum Gasteiger partial charge on any atom is -0.493 e. The van der Waals surface area contributed by atoms with Gasteiger partial charge in [-0.2, -0.15) is 0 Å². The third kappa shape index (κ3) is 6.75. The van der Waals surface area contributed by atoms with Crippen LogP contribution in [0.3, 0.4) is 0 Å². The minimum atomic E-state index is -0.563. The quantitative estimate of drug-likeness (QED) is 0.174. The number of ether oxygens (including phenoxy) is 2. The molecule has 0 unspecified atom stereocenters. The lowest BCUT2D eigenvalue weighted by molar-refractivity contribution is 0.273. The molecular weight excluding hydrogens is 534 g/mol. The summed E-state index contributed by atoms with van der Waals surface area (Å²) in [7, 11) is 0. The SMILES string of the molecule is CCCOc1ccc2c(-c3ccccc3)cc(=O)oc2c1.O=c1cc(-c2ccccc2)c2ccc(OCC[18F])cc2o1. The number of hydrogen-bond acceptors (Lipinski definition) is 6. The highest BCUT2D eigenvalue weighted by atomic mass is 18.2. The Morgan fingerprint density at radius 2 is 1.05 bits per heavy atom. The van der Waals surface area contributed by atoms with Crippen LogP contribution in [-0.4, -0.2) is 19.9 Å². The van der Waals surface area contributed by atoms with Crippen molar-refractivity contribution < 1.29 is 22.7 Å². The van der Waals surface area contributed by atoms with Gasteiger partial charge in [-0.1, -0.05) is 67.6 Å². The second kappa shape index (κ2) is 13.5. The number of hydrogen-bond donors (Lipinski definition) is 0. The van der Waals surface area contributed by atoms with Crippen LogP contribution in [0.1, 0.15) is 13.3 Å². The molecule has 6 rings (SSSR count). The molecule has 0 amide bonds. The fraction of sp³-hybridized carbons (Fsp3) is 0.143. The van der Waals surface area contributed by atoms with E-state index in [-0.39, 0.29) is 12.2 Å². The summed E-state index contributed by atoms with van der Waals surface area (Å²) >= 11 is 0. The Morgan fingerprint density at radius 3 is 1.48 bits per heavy atom. The maximum absolute atomic E-state index is 12.1. The Bertz CT molecular complexity index is 1750. The summed E-state index contributed by atoms with van der Waals surface area (Å²) in [6, 6.07) is 33.2. The Morgan fingerprint density at radius 1 is 0.595 bits per heavy atom. The molecule has 2 aromatic heterocycles. The molecule has 6 aromatic rings. The number of alkyl halides is 1. The molecule has 0 bridgehead atoms. The van der Waals surface area contributed by atoms with E-state index in [0.717, 1.165) is 45.2 Å². The summed E-state index contributed by atoms with van der Waals surface area (Å²) in [5.74, 6) is 1.20. The van der Waals surface area contributed by atoms with E-state index in [1.165, 1.54) is 12.1 Å². The zero-order valence-corrected chi connectivity index (χ0v) is 23.0. The van der Waals surface area contributed by atoms with Crippen LogP contribution in [0.15, 0.2) is 128 Å². The van der Waals surface area contributed by atoms with Gasteiger partial charge in [0.2, 0.25) is 0 Å². The fourth-order valence-electron chi connectivity index (χ4n) is 4.56. The van der Waals surface area contributed by atoms with Crippen LogP contribution in [0.25, 0.3) is 44.2 Å². The van der Waals surface area contributed by atoms with Crippen molar-refractivity contribution in [2.24, 2.45) is 0 Å². The van der Waals surface area contributed by atoms with Crippen LogP contribution in [0.2, 0.25) is 0 Å². The molecule has 6 nitrogen and oxygen atoms in total. The van der Waals surface area contributed by atoms with Crippen molar-refractivity contribution in [3.8, 4) is 33.8 Å². The average Bonchev–Trinajstić information content (AvgIpc) is 3.02. The third-order valence-electron chi connectivity index (χ3n) is 6.42. The first-order valence-electron chi connectivity index (χ1n) is 13.6. The van der Waals surface area contributed by atoms with Crippen molar-refractivity contribution in [2.75, 3.05) is 19.9 Å². The summed E-state index contributed by atoms with van der Waals surface area (Å²) in [6.07, 6.45) is 0.937. The molecule has 7 heteroatoms. The van der Waals surface area contributed by atoms with Gasteiger partial charge in [-0.25, -0.2) is 14.0 Å². The monoisotopic (exact) mass is 563 g/mol. The van der Waals surface area contributed by atoms with Gasteiger partial charge in [0.1, 0.15) is 35.9 Å². The Hall–Kier alpha value is -5.17. The molecule has 0 saturated heterocycles. The molecular formula is C35H29FO6. The molecule has 0 N–H and O–H groups in total. The van der Waals surface area contributed by atoms with E-state index in [1.807, 2.05) is 78.9 Å². The predicted octanol–water partition coefficient (Wildman–Crippen LogP) is 8.06. The van der Waals surface area contributed by atoms with Gasteiger partial charge in [-0.3, -0.25) is 0 Å². The molecule has 212 valence electrons. The first kappa shape index (κ1) is 28.4. The molecule has 0 radical (unpaired) electrons. The highest BCUT2D eigenvalue weighted by Gasteiger charge is 2.10. The summed E-state index contributed by atoms with van der Waals surface area (Å²) in [5, 5.41) is 1.72. The van der Waals surface area contributed by atoms with Crippen LogP contribution in [0.4, 0.5) is 4.39 Å². The molecule has 2 heterocycles. The van der Waals surface area contributed by atoms with E-state index in [0.29, 0.717) is 23.5 Å². The maximum Gasteiger partial charge on any atom is 0.336 e. The lowest BCUT2D eigenvalue weighted by Gasteiger charge is -2.08. The van der Waals surface area contributed by atoms with Gasteiger partial charge >= 0.3 is 11.3 Å². The topological polar surface area (TPSA) is 78.9 Å². The molecule has 0 spiro atoms. The highest BCUT2D eigenvalue weighted by molar-refractivity contribution is 5.94. The molecule has 0 atom stereocenters. The van der Waals surface area contributed by atoms with Gasteiger partial charge in [-0.05, 0) is 52.9 Å². The smallest absolute Gasteiger partial charge is 0.336 e. The number of fused-ring (bicyclic) bond motifs is 2. The second-order valence-electron chi connectivity index (χ2n) is 9.39. The van der Waals surface area contributed by atoms with E-state index < -0.39 is 12.3 Å². The van der Waals surface area contributed by atoms with Crippen molar-refractivity contribution in [3.05, 3.63) is 130 Å². The van der Waals surface area contributed by atoms with Gasteiger partial charge in [0.15, 0.2) is 0 Å². The fourth-order valence-corrected chi connectivity index (χ4v) is 4.56. The van der Waals surface area contributed by atoms with Crippen LogP contribution < -0.4 is 20.7 Å². The zero-order chi connectivity index (χ0) is 29.3. The predicted molar refractivity (Wildman–Crippen MR) is 163 cm³/mol. The Balaban J connectivity index is 0.000000168. The summed E-state index contributed by atoms with van der Waals surface area (Å²) in [5.41, 5.74) is 3.82. The van der Waals surface area contributed by atoms with Crippen molar-refractivity contribution in [3.63, 3.8) is 0 Å². The molecule has 0 fully saturated rings. The van der Waals surface area contributed by atoms with Crippen LogP contribution in [0, 0.1) is 0 Å². The van der Waals surface area contributed by atoms with Gasteiger partial charge in [0.05, 0.1) is 6.61 Å². The first-order valence-corrected chi connectivity index (χ1v) is 13.6. The number of halogens is 1. The molecule has 0 saturated carbocycles. The Kier molecular flexibility index (Phi) is 9.09. The van der Waals surface area contributed by atoms with E-state index in [1.54, 1.807) is 18.2 Å². The van der Waals surface area contributed by atoms with Gasteiger partial charge in [0, 0.05) is 35.0 Å². The van der Waals surface area contributed by atoms with Gasteiger partial charge in [-0.15, -0.1) is 0 Å². The lowest BCUT2D eigenvalue weighted by Crippen LogP contribution is -2.00. The molecule has 0 aliphatic carbocycles. The van der Waals surface area contributed by atoms with E-state index in [9.17, 15) is 14.0 Å². The highest BCUT2D eigenvalue weighted by Crippen LogP contribution is 2.30. The largest absolute Gasteiger partial charge is 0.493 e. The van der Waals surface area contributed by atoms with Crippen LogP contribution in [0.5, 0.6) is 11.5 Å². The van der Waals surface area contributed by atoms with Crippen molar-refractivity contribution in [2.45, 2.75) is 13.3 Å². The van der Waals surface area contributed by atoms with Gasteiger partial charge < -0.3 is 18.3 Å². The normalized spacial score (nSPS) is 10.7. The summed E-state index contributed by atoms with van der Waals surface area (Å²) in [6.45, 7) is 2.11. The lowest BCUT2D eigenvalue weighted by atomic mass is 10.0. The third-order valence-corrected chi connectivity index (χ3v) is 6.42. The van der Waals surface area contributed by atoms with E-state index in [4.69, 9.17) is 18.3 Å². The van der Waals surface area contributed by atoms with E-state index >= 15 is 0 Å². The molecule has 4 aromatic carbocycles. The van der Waals surface area contributed by atoms with Crippen LogP contribution in [-0.2, 0) is 0 Å². The maximum atomic E-state index is 12.1. The van der Waals surface area contributed by atoms with Crippen molar-refractivity contribution in [1.82, 2.24) is 0 Å². The molecule has 0 aliphatic rings. The molecule has 0 aliphatic heterocycles. The standard InChI is InChI=1S/C18H16O3.C17H13FO3/c1-2-10-20-14-8-9-15-16(13-6-4-3-5-7-13)12-18(19)21-17(15)11-14;18-8-9-20-13-6-7-14-15(12-4-2-1-3-5-12)11-17(19)21-16(14)10-13/h3-9,11-12H,2,10H2,1H3;1-7,10-11H,8-9H2/i;18-1. The summed E-state index contributed by atoms with van der Waals surface area (Å²) < 4.78 is 33.5. The average molecular weight is 564 g/mol. The van der Waals surface area contributed by atoms with E-state index in [2.05, 4.69) is 6.92 Å². The number of rotatable bonds is 8. The van der Waals surface area contributed by atoms with Crippen LogP contribution >= 0.6 is 0 Å². The number of benzene rings is 4. The van der Waals surface area contributed by atoms with Crippen molar-refractivity contribution >= 4 is 21.9 Å². The second-order valence-corrected chi connectivity index (χ2v) is 9.39. The van der Waals surface area contributed by atoms with Gasteiger partial charge in [0.25, 0.3) is 0 Å². The minimum absolute atomic E-state index is 0.0197.